The number of nitrogens with zero attached hydrogens (tertiary/aromatic N) is 1. The Morgan fingerprint density at radius 3 is 2.64 bits per heavy atom. The van der Waals surface area contributed by atoms with E-state index in [0.29, 0.717) is 0 Å². The third-order valence-corrected chi connectivity index (χ3v) is 4.12. The van der Waals surface area contributed by atoms with Crippen LogP contribution in [0.4, 0.5) is 5.69 Å². The second kappa shape index (κ2) is 9.04. The van der Waals surface area contributed by atoms with Gasteiger partial charge in [0, 0.05) is 19.6 Å². The lowest BCUT2D eigenvalue weighted by Crippen LogP contribution is -2.30. The van der Waals surface area contributed by atoms with Crippen LogP contribution in [0.15, 0.2) is 18.2 Å². The van der Waals surface area contributed by atoms with Gasteiger partial charge in [-0.05, 0) is 63.8 Å². The van der Waals surface area contributed by atoms with E-state index in [1.807, 2.05) is 0 Å². The van der Waals surface area contributed by atoms with Crippen LogP contribution in [-0.4, -0.2) is 25.7 Å². The van der Waals surface area contributed by atoms with Crippen molar-refractivity contribution in [2.45, 2.75) is 65.5 Å². The number of hydrogen-bond donors (Lipinski definition) is 1. The molecule has 0 saturated carbocycles. The number of anilines is 1. The number of piperidine rings is 1. The molecule has 1 heterocycles. The number of unbranched alkanes of at least 4 members (excludes halogenated alkanes) is 1. The summed E-state index contributed by atoms with van der Waals surface area (Å²) in [7, 11) is 0. The van der Waals surface area contributed by atoms with Gasteiger partial charge < -0.3 is 15.0 Å². The van der Waals surface area contributed by atoms with Gasteiger partial charge in [-0.3, -0.25) is 0 Å². The summed E-state index contributed by atoms with van der Waals surface area (Å²) < 4.78 is 6.10. The smallest absolute Gasteiger partial charge is 0.143 e. The second-order valence-corrected chi connectivity index (χ2v) is 6.55. The molecular formula is C19H32N2O. The van der Waals surface area contributed by atoms with Crippen molar-refractivity contribution >= 4 is 5.69 Å². The van der Waals surface area contributed by atoms with Gasteiger partial charge in [0.05, 0.1) is 11.8 Å². The monoisotopic (exact) mass is 304 g/mol. The SMILES string of the molecule is CCCCNCc1ccc(N2CCCCC2)c(OC(C)C)c1. The molecule has 1 saturated heterocycles. The molecule has 0 radical (unpaired) electrons. The van der Waals surface area contributed by atoms with Crippen LogP contribution in [0.2, 0.25) is 0 Å². The molecule has 1 aliphatic heterocycles. The molecule has 1 aromatic carbocycles. The fourth-order valence-electron chi connectivity index (χ4n) is 2.95. The Labute approximate surface area is 136 Å². The molecule has 0 aromatic heterocycles. The van der Waals surface area contributed by atoms with E-state index in [0.717, 1.165) is 31.9 Å². The van der Waals surface area contributed by atoms with E-state index in [-0.39, 0.29) is 6.10 Å². The second-order valence-electron chi connectivity index (χ2n) is 6.55. The molecule has 3 heteroatoms. The van der Waals surface area contributed by atoms with Crippen LogP contribution in [0.3, 0.4) is 0 Å². The van der Waals surface area contributed by atoms with Crippen molar-refractivity contribution in [2.75, 3.05) is 24.5 Å². The summed E-state index contributed by atoms with van der Waals surface area (Å²) in [6.07, 6.45) is 6.63. The maximum absolute atomic E-state index is 6.10. The normalized spacial score (nSPS) is 15.4. The topological polar surface area (TPSA) is 24.5 Å². The van der Waals surface area contributed by atoms with Crippen LogP contribution in [0, 0.1) is 0 Å². The van der Waals surface area contributed by atoms with Crippen molar-refractivity contribution in [1.29, 1.82) is 0 Å². The number of rotatable bonds is 8. The lowest BCUT2D eigenvalue weighted by Gasteiger charge is -2.31. The predicted molar refractivity (Wildman–Crippen MR) is 94.9 cm³/mol. The minimum atomic E-state index is 0.215. The Hall–Kier alpha value is -1.22. The highest BCUT2D eigenvalue weighted by Gasteiger charge is 2.16. The molecule has 0 unspecified atom stereocenters. The van der Waals surface area contributed by atoms with Crippen molar-refractivity contribution in [3.63, 3.8) is 0 Å². The lowest BCUT2D eigenvalue weighted by atomic mass is 10.1. The van der Waals surface area contributed by atoms with Crippen LogP contribution in [-0.2, 0) is 6.54 Å². The molecule has 2 rings (SSSR count). The molecule has 22 heavy (non-hydrogen) atoms. The molecule has 3 nitrogen and oxygen atoms in total. The fraction of sp³-hybridized carbons (Fsp3) is 0.684. The van der Waals surface area contributed by atoms with Gasteiger partial charge in [0.1, 0.15) is 5.75 Å². The molecule has 1 aliphatic rings. The number of benzene rings is 1. The average molecular weight is 304 g/mol. The van der Waals surface area contributed by atoms with E-state index >= 15 is 0 Å². The quantitative estimate of drug-likeness (QED) is 0.722. The highest BCUT2D eigenvalue weighted by Crippen LogP contribution is 2.32. The molecule has 124 valence electrons. The molecule has 1 aromatic rings. The van der Waals surface area contributed by atoms with Crippen LogP contribution in [0.25, 0.3) is 0 Å². The van der Waals surface area contributed by atoms with Gasteiger partial charge in [-0.25, -0.2) is 0 Å². The summed E-state index contributed by atoms with van der Waals surface area (Å²) in [5.41, 5.74) is 2.58. The summed E-state index contributed by atoms with van der Waals surface area (Å²) in [5, 5.41) is 3.51. The Bertz CT molecular complexity index is 439. The fourth-order valence-corrected chi connectivity index (χ4v) is 2.95. The van der Waals surface area contributed by atoms with Crippen LogP contribution >= 0.6 is 0 Å². The molecule has 1 N–H and O–H groups in total. The zero-order chi connectivity index (χ0) is 15.8. The summed E-state index contributed by atoms with van der Waals surface area (Å²) in [6, 6.07) is 6.72. The van der Waals surface area contributed by atoms with Crippen LogP contribution in [0.5, 0.6) is 5.75 Å². The summed E-state index contributed by atoms with van der Waals surface area (Å²) in [4.78, 5) is 2.48. The third kappa shape index (κ3) is 5.20. The maximum atomic E-state index is 6.10. The Balaban J connectivity index is 2.07. The van der Waals surface area contributed by atoms with Crippen LogP contribution in [0.1, 0.15) is 58.4 Å². The lowest BCUT2D eigenvalue weighted by molar-refractivity contribution is 0.242. The molecule has 0 amide bonds. The van der Waals surface area contributed by atoms with E-state index in [9.17, 15) is 0 Å². The molecule has 0 spiro atoms. The third-order valence-electron chi connectivity index (χ3n) is 4.12. The van der Waals surface area contributed by atoms with E-state index in [4.69, 9.17) is 4.74 Å². The molecule has 0 bridgehead atoms. The number of hydrogen-bond acceptors (Lipinski definition) is 3. The summed E-state index contributed by atoms with van der Waals surface area (Å²) in [6.45, 7) is 10.8. The Morgan fingerprint density at radius 1 is 1.18 bits per heavy atom. The zero-order valence-electron chi connectivity index (χ0n) is 14.5. The highest BCUT2D eigenvalue weighted by molar-refractivity contribution is 5.60. The van der Waals surface area contributed by atoms with Crippen LogP contribution < -0.4 is 15.0 Å². The standard InChI is InChI=1S/C19H32N2O/c1-4-5-11-20-15-17-9-10-18(19(14-17)22-16(2)3)21-12-7-6-8-13-21/h9-10,14,16,20H,4-8,11-13,15H2,1-3H3. The van der Waals surface area contributed by atoms with Gasteiger partial charge in [0.15, 0.2) is 0 Å². The first-order chi connectivity index (χ1) is 10.7. The molecular weight excluding hydrogens is 272 g/mol. The Morgan fingerprint density at radius 2 is 1.95 bits per heavy atom. The van der Waals surface area contributed by atoms with Gasteiger partial charge >= 0.3 is 0 Å². The minimum Gasteiger partial charge on any atom is -0.489 e. The maximum Gasteiger partial charge on any atom is 0.143 e. The largest absolute Gasteiger partial charge is 0.489 e. The number of nitrogens with one attached hydrogen (secondary N) is 1. The van der Waals surface area contributed by atoms with Crippen molar-refractivity contribution in [1.82, 2.24) is 5.32 Å². The van der Waals surface area contributed by atoms with E-state index < -0.39 is 0 Å². The van der Waals surface area contributed by atoms with Crippen molar-refractivity contribution in [2.24, 2.45) is 0 Å². The first-order valence-electron chi connectivity index (χ1n) is 8.96. The molecule has 0 atom stereocenters. The number of ether oxygens (including phenoxy) is 1. The van der Waals surface area contributed by atoms with Crippen molar-refractivity contribution < 1.29 is 4.74 Å². The van der Waals surface area contributed by atoms with Gasteiger partial charge in [-0.2, -0.15) is 0 Å². The molecule has 0 aliphatic carbocycles. The molecule has 1 fully saturated rings. The van der Waals surface area contributed by atoms with E-state index in [2.05, 4.69) is 49.2 Å². The zero-order valence-corrected chi connectivity index (χ0v) is 14.5. The minimum absolute atomic E-state index is 0.215. The summed E-state index contributed by atoms with van der Waals surface area (Å²) >= 11 is 0. The van der Waals surface area contributed by atoms with Crippen molar-refractivity contribution in [3.8, 4) is 5.75 Å². The first-order valence-corrected chi connectivity index (χ1v) is 8.96. The van der Waals surface area contributed by atoms with Gasteiger partial charge in [-0.15, -0.1) is 0 Å². The van der Waals surface area contributed by atoms with Crippen molar-refractivity contribution in [3.05, 3.63) is 23.8 Å². The van der Waals surface area contributed by atoms with E-state index in [1.54, 1.807) is 0 Å². The predicted octanol–water partition coefficient (Wildman–Crippen LogP) is 4.35. The van der Waals surface area contributed by atoms with Gasteiger partial charge in [-0.1, -0.05) is 19.4 Å². The van der Waals surface area contributed by atoms with E-state index in [1.165, 1.54) is 43.4 Å². The van der Waals surface area contributed by atoms with Gasteiger partial charge in [0.2, 0.25) is 0 Å². The Kier molecular flexibility index (Phi) is 7.04. The van der Waals surface area contributed by atoms with Gasteiger partial charge in [0.25, 0.3) is 0 Å². The average Bonchev–Trinajstić information content (AvgIpc) is 2.52. The first kappa shape index (κ1) is 17.1. The highest BCUT2D eigenvalue weighted by atomic mass is 16.5. The summed E-state index contributed by atoms with van der Waals surface area (Å²) in [5.74, 6) is 1.05.